The van der Waals surface area contributed by atoms with E-state index in [1.54, 1.807) is 5.51 Å². The number of fused-ring (bicyclic) bond motifs is 1. The lowest BCUT2D eigenvalue weighted by Gasteiger charge is -2.12. The summed E-state index contributed by atoms with van der Waals surface area (Å²) in [5.74, 6) is 0.629. The molecule has 1 fully saturated rings. The molecule has 1 aromatic carbocycles. The number of alkyl carbamates (subject to hydrolysis) is 1. The Bertz CT molecular complexity index is 1030. The lowest BCUT2D eigenvalue weighted by atomic mass is 10.0. The molecule has 0 saturated heterocycles. The Morgan fingerprint density at radius 2 is 2.23 bits per heavy atom. The molecule has 2 unspecified atom stereocenters. The number of amides is 2. The number of aromatic nitrogens is 3. The number of carbonyl (C=O) groups excluding carboxylic acids is 2. The van der Waals surface area contributed by atoms with Gasteiger partial charge in [-0.3, -0.25) is 9.89 Å². The number of carbonyl (C=O) groups is 2. The third-order valence-electron chi connectivity index (χ3n) is 5.27. The highest BCUT2D eigenvalue weighted by molar-refractivity contribution is 7.17. The van der Waals surface area contributed by atoms with Gasteiger partial charge in [0, 0.05) is 24.2 Å². The lowest BCUT2D eigenvalue weighted by molar-refractivity contribution is -0.115. The Labute approximate surface area is 178 Å². The monoisotopic (exact) mass is 427 g/mol. The number of H-pyrrole nitrogens is 1. The molecule has 1 aliphatic rings. The second-order valence-corrected chi connectivity index (χ2v) is 8.37. The minimum Gasteiger partial charge on any atom is -0.446 e. The SMILES string of the molecule is CCCNC(=O)OC1CCC(c2cc(NC(=O)Cc3cccc4ncsc34)n[nH]2)C1. The summed E-state index contributed by atoms with van der Waals surface area (Å²) >= 11 is 1.54. The van der Waals surface area contributed by atoms with E-state index in [0.717, 1.165) is 47.2 Å². The zero-order valence-electron chi connectivity index (χ0n) is 16.8. The largest absolute Gasteiger partial charge is 0.446 e. The smallest absolute Gasteiger partial charge is 0.407 e. The molecule has 158 valence electrons. The summed E-state index contributed by atoms with van der Waals surface area (Å²) < 4.78 is 6.51. The van der Waals surface area contributed by atoms with Crippen LogP contribution in [0, 0.1) is 0 Å². The van der Waals surface area contributed by atoms with Crippen molar-refractivity contribution in [2.75, 3.05) is 11.9 Å². The van der Waals surface area contributed by atoms with Crippen LogP contribution in [0.15, 0.2) is 29.8 Å². The lowest BCUT2D eigenvalue weighted by Crippen LogP contribution is -2.28. The van der Waals surface area contributed by atoms with Gasteiger partial charge in [0.15, 0.2) is 5.82 Å². The summed E-state index contributed by atoms with van der Waals surface area (Å²) in [7, 11) is 0. The molecule has 2 heterocycles. The molecule has 0 spiro atoms. The normalized spacial score (nSPS) is 18.4. The van der Waals surface area contributed by atoms with Crippen molar-refractivity contribution in [2.45, 2.75) is 51.0 Å². The van der Waals surface area contributed by atoms with E-state index in [-0.39, 0.29) is 30.4 Å². The van der Waals surface area contributed by atoms with E-state index in [1.807, 2.05) is 31.2 Å². The van der Waals surface area contributed by atoms with E-state index in [2.05, 4.69) is 25.8 Å². The summed E-state index contributed by atoms with van der Waals surface area (Å²) in [6.45, 7) is 2.62. The fraction of sp³-hybridized carbons (Fsp3) is 0.429. The maximum Gasteiger partial charge on any atom is 0.407 e. The minimum atomic E-state index is -0.351. The maximum atomic E-state index is 12.5. The third-order valence-corrected chi connectivity index (χ3v) is 6.19. The van der Waals surface area contributed by atoms with E-state index in [9.17, 15) is 9.59 Å². The number of rotatable bonds is 7. The van der Waals surface area contributed by atoms with Crippen LogP contribution < -0.4 is 10.6 Å². The zero-order valence-corrected chi connectivity index (χ0v) is 17.6. The molecule has 0 radical (unpaired) electrons. The van der Waals surface area contributed by atoms with Crippen LogP contribution in [0.4, 0.5) is 10.6 Å². The molecule has 3 N–H and O–H groups in total. The van der Waals surface area contributed by atoms with Gasteiger partial charge in [-0.05, 0) is 37.3 Å². The van der Waals surface area contributed by atoms with Crippen LogP contribution in [0.1, 0.15) is 49.8 Å². The molecule has 1 aliphatic carbocycles. The van der Waals surface area contributed by atoms with Gasteiger partial charge in [-0.2, -0.15) is 5.10 Å². The average Bonchev–Trinajstić information content (AvgIpc) is 3.47. The molecule has 2 atom stereocenters. The van der Waals surface area contributed by atoms with Gasteiger partial charge in [0.05, 0.1) is 22.1 Å². The first-order chi connectivity index (χ1) is 14.6. The van der Waals surface area contributed by atoms with Crippen molar-refractivity contribution in [1.82, 2.24) is 20.5 Å². The Kier molecular flexibility index (Phi) is 6.27. The molecular formula is C21H25N5O3S. The fourth-order valence-corrected chi connectivity index (χ4v) is 4.61. The Morgan fingerprint density at radius 1 is 1.33 bits per heavy atom. The molecule has 2 amide bonds. The quantitative estimate of drug-likeness (QED) is 0.529. The molecule has 3 aromatic rings. The van der Waals surface area contributed by atoms with E-state index in [4.69, 9.17) is 4.74 Å². The average molecular weight is 428 g/mol. The Morgan fingerprint density at radius 3 is 3.10 bits per heavy atom. The minimum absolute atomic E-state index is 0.0897. The number of hydrogen-bond donors (Lipinski definition) is 3. The number of ether oxygens (including phenoxy) is 1. The van der Waals surface area contributed by atoms with Crippen molar-refractivity contribution in [1.29, 1.82) is 0 Å². The fourth-order valence-electron chi connectivity index (χ4n) is 3.80. The number of nitrogens with one attached hydrogen (secondary N) is 3. The van der Waals surface area contributed by atoms with Gasteiger partial charge in [0.2, 0.25) is 5.91 Å². The molecule has 0 aliphatic heterocycles. The summed E-state index contributed by atoms with van der Waals surface area (Å²) in [4.78, 5) is 28.5. The van der Waals surface area contributed by atoms with Crippen LogP contribution in [-0.4, -0.2) is 39.8 Å². The molecular weight excluding hydrogens is 402 g/mol. The van der Waals surface area contributed by atoms with Crippen molar-refractivity contribution >= 4 is 39.4 Å². The topological polar surface area (TPSA) is 109 Å². The predicted octanol–water partition coefficient (Wildman–Crippen LogP) is 3.97. The standard InChI is InChI=1S/C21H25N5O3S/c1-2-8-22-21(28)29-15-7-6-13(9-15)17-11-18(26-25-17)24-19(27)10-14-4-3-5-16-20(14)30-12-23-16/h3-5,11-13,15H,2,6-10H2,1H3,(H,22,28)(H2,24,25,26,27). The second-order valence-electron chi connectivity index (χ2n) is 7.52. The molecule has 2 aromatic heterocycles. The van der Waals surface area contributed by atoms with Crippen molar-refractivity contribution in [3.8, 4) is 0 Å². The Balaban J connectivity index is 1.30. The molecule has 30 heavy (non-hydrogen) atoms. The van der Waals surface area contributed by atoms with E-state index >= 15 is 0 Å². The second kappa shape index (κ2) is 9.25. The highest BCUT2D eigenvalue weighted by atomic mass is 32.1. The number of thiazole rings is 1. The van der Waals surface area contributed by atoms with Gasteiger partial charge in [0.25, 0.3) is 0 Å². The summed E-state index contributed by atoms with van der Waals surface area (Å²) in [6.07, 6.45) is 3.20. The number of anilines is 1. The molecule has 4 rings (SSSR count). The van der Waals surface area contributed by atoms with Gasteiger partial charge >= 0.3 is 6.09 Å². The zero-order chi connectivity index (χ0) is 20.9. The number of hydrogen-bond acceptors (Lipinski definition) is 6. The molecule has 8 nitrogen and oxygen atoms in total. The van der Waals surface area contributed by atoms with Gasteiger partial charge in [-0.1, -0.05) is 19.1 Å². The third kappa shape index (κ3) is 4.79. The van der Waals surface area contributed by atoms with Crippen molar-refractivity contribution < 1.29 is 14.3 Å². The van der Waals surface area contributed by atoms with Crippen LogP contribution in [-0.2, 0) is 16.0 Å². The summed E-state index contributed by atoms with van der Waals surface area (Å²) in [5, 5.41) is 12.9. The van der Waals surface area contributed by atoms with Crippen LogP contribution in [0.2, 0.25) is 0 Å². The van der Waals surface area contributed by atoms with E-state index in [0.29, 0.717) is 12.4 Å². The highest BCUT2D eigenvalue weighted by Crippen LogP contribution is 2.35. The van der Waals surface area contributed by atoms with Crippen LogP contribution in [0.5, 0.6) is 0 Å². The Hall–Kier alpha value is -2.94. The number of aromatic amines is 1. The first kappa shape index (κ1) is 20.3. The van der Waals surface area contributed by atoms with Crippen LogP contribution in [0.3, 0.4) is 0 Å². The molecule has 0 bridgehead atoms. The first-order valence-corrected chi connectivity index (χ1v) is 11.1. The van der Waals surface area contributed by atoms with Gasteiger partial charge in [-0.25, -0.2) is 9.78 Å². The van der Waals surface area contributed by atoms with Crippen molar-refractivity contribution in [3.05, 3.63) is 41.0 Å². The van der Waals surface area contributed by atoms with Gasteiger partial charge in [0.1, 0.15) is 6.10 Å². The van der Waals surface area contributed by atoms with Crippen LogP contribution >= 0.6 is 11.3 Å². The number of benzene rings is 1. The molecule has 9 heteroatoms. The highest BCUT2D eigenvalue weighted by Gasteiger charge is 2.30. The molecule has 1 saturated carbocycles. The summed E-state index contributed by atoms with van der Waals surface area (Å²) in [5.41, 5.74) is 4.61. The first-order valence-electron chi connectivity index (χ1n) is 10.2. The van der Waals surface area contributed by atoms with Gasteiger partial charge in [-0.15, -0.1) is 11.3 Å². The number of nitrogens with zero attached hydrogens (tertiary/aromatic N) is 2. The van der Waals surface area contributed by atoms with Gasteiger partial charge < -0.3 is 15.4 Å². The van der Waals surface area contributed by atoms with Crippen LogP contribution in [0.25, 0.3) is 10.2 Å². The van der Waals surface area contributed by atoms with Crippen molar-refractivity contribution in [2.24, 2.45) is 0 Å². The summed E-state index contributed by atoms with van der Waals surface area (Å²) in [6, 6.07) is 7.68. The predicted molar refractivity (Wildman–Crippen MR) is 116 cm³/mol. The van der Waals surface area contributed by atoms with E-state index < -0.39 is 0 Å². The van der Waals surface area contributed by atoms with Crippen molar-refractivity contribution in [3.63, 3.8) is 0 Å². The van der Waals surface area contributed by atoms with E-state index in [1.165, 1.54) is 11.3 Å². The maximum absolute atomic E-state index is 12.5.